The quantitative estimate of drug-likeness (QED) is 0.867. The molecule has 0 radical (unpaired) electrons. The van der Waals surface area contributed by atoms with Gasteiger partial charge in [-0.3, -0.25) is 4.79 Å². The molecule has 2 N–H and O–H groups in total. The molecule has 0 spiro atoms. The molecule has 1 saturated carbocycles. The van der Waals surface area contributed by atoms with E-state index in [4.69, 9.17) is 0 Å². The average molecular weight is 258 g/mol. The van der Waals surface area contributed by atoms with Crippen molar-refractivity contribution in [2.24, 2.45) is 5.92 Å². The van der Waals surface area contributed by atoms with Gasteiger partial charge in [0, 0.05) is 12.6 Å². The summed E-state index contributed by atoms with van der Waals surface area (Å²) < 4.78 is 0. The minimum Gasteiger partial charge on any atom is -0.352 e. The third-order valence-corrected chi connectivity index (χ3v) is 4.31. The van der Waals surface area contributed by atoms with Crippen molar-refractivity contribution in [3.63, 3.8) is 0 Å². The van der Waals surface area contributed by atoms with Gasteiger partial charge in [0.2, 0.25) is 5.91 Å². The summed E-state index contributed by atoms with van der Waals surface area (Å²) in [5.74, 6) is 0.905. The summed E-state index contributed by atoms with van der Waals surface area (Å²) in [6.45, 7) is 3.01. The third-order valence-electron chi connectivity index (χ3n) is 4.31. The molecule has 19 heavy (non-hydrogen) atoms. The second-order valence-electron chi connectivity index (χ2n) is 5.81. The number of fused-ring (bicyclic) bond motifs is 1. The fraction of sp³-hybridized carbons (Fsp3) is 0.562. The van der Waals surface area contributed by atoms with Crippen LogP contribution >= 0.6 is 0 Å². The van der Waals surface area contributed by atoms with Crippen LogP contribution in [-0.2, 0) is 17.8 Å². The van der Waals surface area contributed by atoms with Gasteiger partial charge >= 0.3 is 0 Å². The maximum atomic E-state index is 12.2. The Balaban J connectivity index is 1.55. The number of carbonyl (C=O) groups is 1. The highest BCUT2D eigenvalue weighted by Gasteiger charge is 2.38. The fourth-order valence-electron chi connectivity index (χ4n) is 3.04. The van der Waals surface area contributed by atoms with Crippen molar-refractivity contribution in [2.75, 3.05) is 0 Å². The van der Waals surface area contributed by atoms with Crippen LogP contribution in [0.15, 0.2) is 24.3 Å². The van der Waals surface area contributed by atoms with Crippen molar-refractivity contribution >= 4 is 5.91 Å². The van der Waals surface area contributed by atoms with Crippen LogP contribution in [0.4, 0.5) is 0 Å². The number of benzene rings is 1. The molecule has 0 aromatic heterocycles. The fourth-order valence-corrected chi connectivity index (χ4v) is 3.04. The number of amides is 1. The average Bonchev–Trinajstić information content (AvgIpc) is 3.16. The highest BCUT2D eigenvalue weighted by Crippen LogP contribution is 2.34. The molecule has 3 atom stereocenters. The van der Waals surface area contributed by atoms with Gasteiger partial charge in [0.1, 0.15) is 0 Å². The molecule has 1 heterocycles. The van der Waals surface area contributed by atoms with Gasteiger partial charge in [-0.15, -0.1) is 0 Å². The minimum absolute atomic E-state index is 0.0576. The first-order valence-electron chi connectivity index (χ1n) is 7.38. The van der Waals surface area contributed by atoms with E-state index in [0.717, 1.165) is 18.9 Å². The Hall–Kier alpha value is -1.35. The van der Waals surface area contributed by atoms with Gasteiger partial charge in [0.05, 0.1) is 6.04 Å². The summed E-state index contributed by atoms with van der Waals surface area (Å²) in [4.78, 5) is 12.2. The molecular formula is C16H22N2O. The van der Waals surface area contributed by atoms with Crippen LogP contribution in [0.2, 0.25) is 0 Å². The molecule has 1 aromatic carbocycles. The highest BCUT2D eigenvalue weighted by molar-refractivity contribution is 5.83. The van der Waals surface area contributed by atoms with Crippen molar-refractivity contribution in [3.8, 4) is 0 Å². The zero-order valence-electron chi connectivity index (χ0n) is 11.5. The molecule has 1 amide bonds. The van der Waals surface area contributed by atoms with Gasteiger partial charge in [0.15, 0.2) is 0 Å². The lowest BCUT2D eigenvalue weighted by Gasteiger charge is -2.25. The van der Waals surface area contributed by atoms with Crippen molar-refractivity contribution < 1.29 is 4.79 Å². The van der Waals surface area contributed by atoms with Crippen LogP contribution in [0, 0.1) is 5.92 Å². The lowest BCUT2D eigenvalue weighted by atomic mass is 9.95. The van der Waals surface area contributed by atoms with Gasteiger partial charge in [-0.25, -0.2) is 0 Å². The van der Waals surface area contributed by atoms with Crippen LogP contribution in [0.5, 0.6) is 0 Å². The molecule has 3 nitrogen and oxygen atoms in total. The van der Waals surface area contributed by atoms with E-state index in [9.17, 15) is 4.79 Å². The Morgan fingerprint density at radius 1 is 1.37 bits per heavy atom. The van der Waals surface area contributed by atoms with E-state index >= 15 is 0 Å². The minimum atomic E-state index is -0.0576. The van der Waals surface area contributed by atoms with Crippen LogP contribution in [0.25, 0.3) is 0 Å². The van der Waals surface area contributed by atoms with Crippen molar-refractivity contribution in [1.82, 2.24) is 10.6 Å². The van der Waals surface area contributed by atoms with Crippen molar-refractivity contribution in [3.05, 3.63) is 35.4 Å². The van der Waals surface area contributed by atoms with Gasteiger partial charge in [0.25, 0.3) is 0 Å². The molecule has 0 bridgehead atoms. The molecule has 1 aliphatic heterocycles. The maximum Gasteiger partial charge on any atom is 0.237 e. The lowest BCUT2D eigenvalue weighted by molar-refractivity contribution is -0.123. The Kier molecular flexibility index (Phi) is 3.56. The molecule has 0 saturated heterocycles. The Labute approximate surface area is 114 Å². The van der Waals surface area contributed by atoms with Gasteiger partial charge < -0.3 is 10.6 Å². The maximum absolute atomic E-state index is 12.2. The normalized spacial score (nSPS) is 28.6. The molecular weight excluding hydrogens is 236 g/mol. The standard InChI is InChI=1S/C16H22N2O/c1-2-5-12-9-14(12)18-16(19)15-8-11-6-3-4-7-13(11)10-17-15/h3-4,6-7,12,14-15,17H,2,5,8-10H2,1H3,(H,18,19)/t12?,14?,15-/m0/s1. The summed E-state index contributed by atoms with van der Waals surface area (Å²) in [7, 11) is 0. The topological polar surface area (TPSA) is 41.1 Å². The monoisotopic (exact) mass is 258 g/mol. The number of hydrogen-bond acceptors (Lipinski definition) is 2. The zero-order chi connectivity index (χ0) is 13.2. The summed E-state index contributed by atoms with van der Waals surface area (Å²) >= 11 is 0. The van der Waals surface area contributed by atoms with E-state index < -0.39 is 0 Å². The molecule has 3 rings (SSSR count). The van der Waals surface area contributed by atoms with Crippen LogP contribution < -0.4 is 10.6 Å². The molecule has 3 heteroatoms. The second-order valence-corrected chi connectivity index (χ2v) is 5.81. The van der Waals surface area contributed by atoms with Crippen LogP contribution in [0.3, 0.4) is 0 Å². The van der Waals surface area contributed by atoms with Gasteiger partial charge in [-0.05, 0) is 36.3 Å². The number of nitrogens with one attached hydrogen (secondary N) is 2. The van der Waals surface area contributed by atoms with Gasteiger partial charge in [-0.2, -0.15) is 0 Å². The summed E-state index contributed by atoms with van der Waals surface area (Å²) in [5, 5.41) is 6.53. The predicted molar refractivity (Wildman–Crippen MR) is 75.7 cm³/mol. The summed E-state index contributed by atoms with van der Waals surface area (Å²) in [6, 6.07) is 8.75. The molecule has 102 valence electrons. The summed E-state index contributed by atoms with van der Waals surface area (Å²) in [6.07, 6.45) is 4.44. The highest BCUT2D eigenvalue weighted by atomic mass is 16.2. The first kappa shape index (κ1) is 12.7. The SMILES string of the molecule is CCCC1CC1NC(=O)[C@@H]1Cc2ccccc2CN1. The second kappa shape index (κ2) is 5.33. The van der Waals surface area contributed by atoms with Crippen LogP contribution in [0.1, 0.15) is 37.3 Å². The number of hydrogen-bond donors (Lipinski definition) is 2. The van der Waals surface area contributed by atoms with E-state index in [2.05, 4.69) is 41.8 Å². The zero-order valence-corrected chi connectivity index (χ0v) is 11.5. The summed E-state index contributed by atoms with van der Waals surface area (Å²) in [5.41, 5.74) is 2.63. The van der Waals surface area contributed by atoms with Gasteiger partial charge in [-0.1, -0.05) is 37.6 Å². The largest absolute Gasteiger partial charge is 0.352 e. The Bertz CT molecular complexity index is 472. The molecule has 1 fully saturated rings. The van der Waals surface area contributed by atoms with E-state index in [0.29, 0.717) is 6.04 Å². The first-order chi connectivity index (χ1) is 9.28. The van der Waals surface area contributed by atoms with Crippen molar-refractivity contribution in [1.29, 1.82) is 0 Å². The Morgan fingerprint density at radius 3 is 2.95 bits per heavy atom. The molecule has 2 aliphatic rings. The van der Waals surface area contributed by atoms with Crippen molar-refractivity contribution in [2.45, 2.75) is 51.2 Å². The number of rotatable bonds is 4. The van der Waals surface area contributed by atoms with E-state index in [1.807, 2.05) is 0 Å². The predicted octanol–water partition coefficient (Wildman–Crippen LogP) is 2.01. The van der Waals surface area contributed by atoms with E-state index in [-0.39, 0.29) is 11.9 Å². The smallest absolute Gasteiger partial charge is 0.237 e. The lowest BCUT2D eigenvalue weighted by Crippen LogP contribution is -2.48. The molecule has 1 aromatic rings. The number of carbonyl (C=O) groups excluding carboxylic acids is 1. The third kappa shape index (κ3) is 2.81. The van der Waals surface area contributed by atoms with Crippen LogP contribution in [-0.4, -0.2) is 18.0 Å². The molecule has 1 aliphatic carbocycles. The molecule has 2 unspecified atom stereocenters. The first-order valence-corrected chi connectivity index (χ1v) is 7.38. The van der Waals surface area contributed by atoms with E-state index in [1.54, 1.807) is 0 Å². The Morgan fingerprint density at radius 2 is 2.16 bits per heavy atom. The van der Waals surface area contributed by atoms with E-state index in [1.165, 1.54) is 30.4 Å².